The number of ketones is 1. The van der Waals surface area contributed by atoms with Crippen LogP contribution in [-0.4, -0.2) is 19.6 Å². The van der Waals surface area contributed by atoms with Gasteiger partial charge in [0, 0.05) is 29.3 Å². The minimum Gasteiger partial charge on any atom is -0.418 e. The Labute approximate surface area is 306 Å². The van der Waals surface area contributed by atoms with E-state index in [2.05, 4.69) is 131 Å². The average Bonchev–Trinajstić information content (AvgIpc) is 2.95. The van der Waals surface area contributed by atoms with Gasteiger partial charge in [-0.3, -0.25) is 4.79 Å². The van der Waals surface area contributed by atoms with Crippen LogP contribution < -0.4 is 5.32 Å². The average molecular weight is 730 g/mol. The molecular formula is C40H52BF4NO2S2. The van der Waals surface area contributed by atoms with Crippen LogP contribution in [0.4, 0.5) is 17.3 Å². The predicted octanol–water partition coefficient (Wildman–Crippen LogP) is 12.3. The van der Waals surface area contributed by atoms with E-state index in [1.54, 1.807) is 0 Å². The molecule has 4 rings (SSSR count). The van der Waals surface area contributed by atoms with Gasteiger partial charge in [0.2, 0.25) is 0 Å². The molecule has 1 N–H and O–H groups in total. The van der Waals surface area contributed by atoms with Crippen LogP contribution in [0, 0.1) is 10.8 Å². The van der Waals surface area contributed by atoms with Crippen LogP contribution in [0.15, 0.2) is 96.2 Å². The topological polar surface area (TPSA) is 40.4 Å². The summed E-state index contributed by atoms with van der Waals surface area (Å²) in [7, 11) is -6.00. The number of thioether (sulfide) groups is 1. The Hall–Kier alpha value is -2.98. The van der Waals surface area contributed by atoms with Crippen molar-refractivity contribution in [2.45, 2.75) is 105 Å². The maximum Gasteiger partial charge on any atom is 0.673 e. The number of Topliss-reactive ketones (excluding diaryl/α,β-unsaturated/α-hetero) is 1. The molecule has 0 atom stereocenters. The van der Waals surface area contributed by atoms with Gasteiger partial charge < -0.3 is 22.6 Å². The second-order valence-corrected chi connectivity index (χ2v) is 18.4. The quantitative estimate of drug-likeness (QED) is 0.102. The molecule has 0 saturated heterocycles. The third-order valence-corrected chi connectivity index (χ3v) is 10.3. The van der Waals surface area contributed by atoms with Crippen molar-refractivity contribution in [2.75, 3.05) is 6.54 Å². The lowest BCUT2D eigenvalue weighted by atomic mass is 9.82. The highest BCUT2D eigenvalue weighted by molar-refractivity contribution is 8.06. The molecule has 272 valence electrons. The van der Waals surface area contributed by atoms with Gasteiger partial charge >= 0.3 is 18.8 Å². The van der Waals surface area contributed by atoms with E-state index in [9.17, 15) is 22.1 Å². The Bertz CT molecular complexity index is 1700. The number of carbonyl (C=O) groups is 1. The molecule has 0 saturated carbocycles. The van der Waals surface area contributed by atoms with E-state index in [1.165, 1.54) is 15.4 Å². The van der Waals surface area contributed by atoms with Crippen molar-refractivity contribution < 1.29 is 26.5 Å². The largest absolute Gasteiger partial charge is 0.673 e. The Balaban J connectivity index is 0.00000126. The molecule has 10 heteroatoms. The highest BCUT2D eigenvalue weighted by atomic mass is 32.2. The van der Waals surface area contributed by atoms with Gasteiger partial charge in [-0.1, -0.05) is 83.6 Å². The molecule has 3 nitrogen and oxygen atoms in total. The van der Waals surface area contributed by atoms with Gasteiger partial charge in [0.25, 0.3) is 0 Å². The number of hydrogen-bond acceptors (Lipinski definition) is 4. The fourth-order valence-corrected chi connectivity index (χ4v) is 6.83. The number of nitrogens with one attached hydrogen (secondary N) is 1. The number of allylic oxidation sites excluding steroid dienone is 8. The highest BCUT2D eigenvalue weighted by Crippen LogP contribution is 2.49. The molecule has 0 amide bonds. The van der Waals surface area contributed by atoms with Crippen molar-refractivity contribution in [1.29, 1.82) is 0 Å². The molecule has 1 aromatic heterocycles. The van der Waals surface area contributed by atoms with Gasteiger partial charge in [0.05, 0.1) is 16.5 Å². The van der Waals surface area contributed by atoms with E-state index in [1.807, 2.05) is 30.0 Å². The zero-order chi connectivity index (χ0) is 38.0. The lowest BCUT2D eigenvalue weighted by Crippen LogP contribution is -2.32. The highest BCUT2D eigenvalue weighted by Gasteiger charge is 2.39. The maximum atomic E-state index is 14.0. The standard InChI is InChI=1S/C40H51NO2S2.BF4/c1-37(2,3)30-24-27(35(44)36(43-30)40(10,11)12)23-29-33(41-19-18-25-16-14-13-15-17-25)28(34(29)42)20-26-21-31(38(4,5)6)45-32(22-26)39(7,8)9;2-1(3,4)5/h13-17,20-24H,18-19H2,1-12H3,(H-,41,42,44);/q;-1/p+1. The van der Waals surface area contributed by atoms with Gasteiger partial charge in [-0.2, -0.15) is 0 Å². The van der Waals surface area contributed by atoms with Crippen molar-refractivity contribution in [3.63, 3.8) is 0 Å². The summed E-state index contributed by atoms with van der Waals surface area (Å²) >= 11 is 6.81. The lowest BCUT2D eigenvalue weighted by molar-refractivity contribution is -0.112. The summed E-state index contributed by atoms with van der Waals surface area (Å²) in [5, 5.41) is 3.65. The number of carbonyl (C=O) groups excluding carboxylic acids is 1. The molecule has 0 radical (unpaired) electrons. The van der Waals surface area contributed by atoms with Crippen molar-refractivity contribution in [3.8, 4) is 0 Å². The molecule has 1 aromatic carbocycles. The van der Waals surface area contributed by atoms with Gasteiger partial charge in [-0.25, -0.2) is 4.42 Å². The SMILES string of the molecule is CC(C)(C)C1=CC(=CC2=C(NCCc3ccccc3)C(=Cc3cc(C(C)(C)C)[o+]c(C(C)(C)C)c3S)C2=O)C=C(C(C)(C)C)S1.F[B-](F)(F)F. The van der Waals surface area contributed by atoms with Crippen LogP contribution in [0.5, 0.6) is 0 Å². The summed E-state index contributed by atoms with van der Waals surface area (Å²) in [6.45, 7) is 27.0. The fraction of sp³-hybridized carbons (Fsp3) is 0.450. The summed E-state index contributed by atoms with van der Waals surface area (Å²) < 4.78 is 45.4. The van der Waals surface area contributed by atoms with Crippen LogP contribution >= 0.6 is 24.4 Å². The first kappa shape index (κ1) is 41.4. The Kier molecular flexibility index (Phi) is 12.7. The van der Waals surface area contributed by atoms with Gasteiger partial charge in [0.15, 0.2) is 5.78 Å². The molecule has 1 aliphatic carbocycles. The Morgan fingerprint density at radius 2 is 1.32 bits per heavy atom. The minimum absolute atomic E-state index is 0.00516. The van der Waals surface area contributed by atoms with Crippen molar-refractivity contribution in [1.82, 2.24) is 5.32 Å². The van der Waals surface area contributed by atoms with E-state index in [-0.39, 0.29) is 27.4 Å². The molecule has 2 aliphatic rings. The summed E-state index contributed by atoms with van der Waals surface area (Å²) in [6, 6.07) is 12.5. The first-order valence-corrected chi connectivity index (χ1v) is 18.1. The van der Waals surface area contributed by atoms with Gasteiger partial charge in [-0.15, -0.1) is 12.6 Å². The molecule has 2 aromatic rings. The summed E-state index contributed by atoms with van der Waals surface area (Å²) in [5.74, 6) is 1.73. The summed E-state index contributed by atoms with van der Waals surface area (Å²) in [6.07, 6.45) is 9.43. The zero-order valence-electron chi connectivity index (χ0n) is 31.4. The first-order chi connectivity index (χ1) is 22.7. The normalized spacial score (nSPS) is 16.8. The van der Waals surface area contributed by atoms with Crippen LogP contribution in [0.3, 0.4) is 0 Å². The molecule has 2 heterocycles. The second-order valence-electron chi connectivity index (χ2n) is 16.8. The Morgan fingerprint density at radius 3 is 1.78 bits per heavy atom. The van der Waals surface area contributed by atoms with E-state index in [4.69, 9.17) is 17.0 Å². The molecule has 0 bridgehead atoms. The van der Waals surface area contributed by atoms with Crippen molar-refractivity contribution >= 4 is 43.5 Å². The van der Waals surface area contributed by atoms with E-state index in [0.29, 0.717) is 5.57 Å². The molecule has 0 unspecified atom stereocenters. The number of rotatable bonds is 6. The molecule has 0 spiro atoms. The maximum absolute atomic E-state index is 14.0. The minimum atomic E-state index is -6.00. The monoisotopic (exact) mass is 729 g/mol. The molecule has 50 heavy (non-hydrogen) atoms. The van der Waals surface area contributed by atoms with Crippen LogP contribution in [0.2, 0.25) is 0 Å². The lowest BCUT2D eigenvalue weighted by Gasteiger charge is -2.32. The number of thiol groups is 1. The number of benzene rings is 1. The third-order valence-electron chi connectivity index (χ3n) is 7.90. The van der Waals surface area contributed by atoms with Crippen LogP contribution in [-0.2, 0) is 22.0 Å². The molecular weight excluding hydrogens is 677 g/mol. The Morgan fingerprint density at radius 1 is 0.800 bits per heavy atom. The predicted molar refractivity (Wildman–Crippen MR) is 207 cm³/mol. The molecule has 0 fully saturated rings. The zero-order valence-corrected chi connectivity index (χ0v) is 33.2. The molecule has 1 aliphatic heterocycles. The van der Waals surface area contributed by atoms with Crippen molar-refractivity contribution in [3.05, 3.63) is 110 Å². The van der Waals surface area contributed by atoms with Gasteiger partial charge in [-0.05, 0) is 104 Å². The van der Waals surface area contributed by atoms with Gasteiger partial charge in [0.1, 0.15) is 4.90 Å². The fourth-order valence-electron chi connectivity index (χ4n) is 5.08. The first-order valence-electron chi connectivity index (χ1n) is 16.9. The number of hydrogen-bond donors (Lipinski definition) is 2. The smallest absolute Gasteiger partial charge is 0.418 e. The number of halogens is 4. The van der Waals surface area contributed by atoms with E-state index >= 15 is 0 Å². The van der Waals surface area contributed by atoms with E-state index < -0.39 is 7.25 Å². The van der Waals surface area contributed by atoms with Crippen molar-refractivity contribution in [2.24, 2.45) is 10.8 Å². The van der Waals surface area contributed by atoms with Crippen LogP contribution in [0.25, 0.3) is 6.08 Å². The van der Waals surface area contributed by atoms with E-state index in [0.717, 1.165) is 51.8 Å². The summed E-state index contributed by atoms with van der Waals surface area (Å²) in [5.41, 5.74) is 5.08. The summed E-state index contributed by atoms with van der Waals surface area (Å²) in [4.78, 5) is 17.4. The second kappa shape index (κ2) is 15.3. The third kappa shape index (κ3) is 11.5. The van der Waals surface area contributed by atoms with Crippen LogP contribution in [0.1, 0.15) is 106 Å².